The van der Waals surface area contributed by atoms with Gasteiger partial charge in [-0.2, -0.15) is 10.4 Å². The van der Waals surface area contributed by atoms with Crippen LogP contribution in [-0.4, -0.2) is 31.3 Å². The number of thiazole rings is 1. The van der Waals surface area contributed by atoms with E-state index in [1.807, 2.05) is 58.9 Å². The second-order valence-corrected chi connectivity index (χ2v) is 6.77. The van der Waals surface area contributed by atoms with Crippen molar-refractivity contribution in [3.05, 3.63) is 82.8 Å². The normalized spacial score (nSPS) is 10.5. The predicted molar refractivity (Wildman–Crippen MR) is 106 cm³/mol. The second kappa shape index (κ2) is 8.41. The summed E-state index contributed by atoms with van der Waals surface area (Å²) in [6.07, 6.45) is 7.69. The molecular weight excluding hydrogens is 370 g/mol. The van der Waals surface area contributed by atoms with Crippen molar-refractivity contribution in [2.45, 2.75) is 13.0 Å². The molecule has 0 saturated heterocycles. The van der Waals surface area contributed by atoms with Crippen LogP contribution in [0.2, 0.25) is 0 Å². The molecule has 0 aliphatic rings. The number of nitriles is 1. The summed E-state index contributed by atoms with van der Waals surface area (Å²) < 4.78 is 1.85. The molecule has 3 aromatic heterocycles. The minimum absolute atomic E-state index is 0.440. The lowest BCUT2D eigenvalue weighted by Crippen LogP contribution is -2.27. The maximum atomic E-state index is 8.98. The highest BCUT2D eigenvalue weighted by Gasteiger charge is 2.13. The zero-order valence-corrected chi connectivity index (χ0v) is 15.8. The molecule has 1 aromatic carbocycles. The van der Waals surface area contributed by atoms with Crippen LogP contribution in [-0.2, 0) is 13.0 Å². The van der Waals surface area contributed by atoms with Crippen LogP contribution in [0.4, 0.5) is 5.95 Å². The van der Waals surface area contributed by atoms with E-state index in [9.17, 15) is 0 Å². The van der Waals surface area contributed by atoms with Gasteiger partial charge in [0.05, 0.1) is 35.5 Å². The average Bonchev–Trinajstić information content (AvgIpc) is 3.44. The van der Waals surface area contributed by atoms with E-state index >= 15 is 0 Å². The van der Waals surface area contributed by atoms with Crippen molar-refractivity contribution >= 4 is 17.3 Å². The number of anilines is 1. The van der Waals surface area contributed by atoms with Gasteiger partial charge in [-0.25, -0.2) is 19.6 Å². The largest absolute Gasteiger partial charge is 0.336 e. The van der Waals surface area contributed by atoms with Gasteiger partial charge in [-0.1, -0.05) is 18.2 Å². The Kier molecular flexibility index (Phi) is 5.36. The smallest absolute Gasteiger partial charge is 0.225 e. The van der Waals surface area contributed by atoms with E-state index in [0.29, 0.717) is 24.6 Å². The van der Waals surface area contributed by atoms with Crippen LogP contribution in [0.3, 0.4) is 0 Å². The average molecular weight is 386 g/mol. The third kappa shape index (κ3) is 4.22. The summed E-state index contributed by atoms with van der Waals surface area (Å²) in [5.74, 6) is 0.575. The molecule has 4 aromatic rings. The van der Waals surface area contributed by atoms with Crippen LogP contribution < -0.4 is 4.90 Å². The summed E-state index contributed by atoms with van der Waals surface area (Å²) >= 11 is 1.46. The number of rotatable bonds is 7. The quantitative estimate of drug-likeness (QED) is 0.485. The van der Waals surface area contributed by atoms with Crippen molar-refractivity contribution in [1.29, 1.82) is 5.26 Å². The summed E-state index contributed by atoms with van der Waals surface area (Å²) in [5, 5.41) is 15.4. The van der Waals surface area contributed by atoms with Crippen molar-refractivity contribution in [2.75, 3.05) is 11.4 Å². The van der Waals surface area contributed by atoms with Crippen molar-refractivity contribution in [3.63, 3.8) is 0 Å². The maximum Gasteiger partial charge on any atom is 0.225 e. The molecule has 0 fully saturated rings. The van der Waals surface area contributed by atoms with Crippen molar-refractivity contribution < 1.29 is 0 Å². The van der Waals surface area contributed by atoms with Gasteiger partial charge in [0.15, 0.2) is 5.51 Å². The Morgan fingerprint density at radius 1 is 1.14 bits per heavy atom. The topological polar surface area (TPSA) is 83.5 Å². The molecule has 1 radical (unpaired) electrons. The molecule has 4 rings (SSSR count). The monoisotopic (exact) mass is 386 g/mol. The first-order chi connectivity index (χ1) is 13.8. The third-order valence-electron chi connectivity index (χ3n) is 4.16. The Hall–Kier alpha value is -3.57. The summed E-state index contributed by atoms with van der Waals surface area (Å²) in [6.45, 7) is 1.30. The molecule has 0 aliphatic carbocycles. The van der Waals surface area contributed by atoms with Gasteiger partial charge >= 0.3 is 0 Å². The highest BCUT2D eigenvalue weighted by molar-refractivity contribution is 7.07. The molecule has 0 saturated carbocycles. The molecule has 28 heavy (non-hydrogen) atoms. The van der Waals surface area contributed by atoms with E-state index < -0.39 is 0 Å². The number of benzene rings is 1. The van der Waals surface area contributed by atoms with Crippen molar-refractivity contribution in [1.82, 2.24) is 24.7 Å². The van der Waals surface area contributed by atoms with E-state index in [1.54, 1.807) is 12.4 Å². The van der Waals surface area contributed by atoms with E-state index in [2.05, 4.69) is 30.5 Å². The molecular formula is C20H16N7S. The van der Waals surface area contributed by atoms with Crippen LogP contribution in [0, 0.1) is 16.8 Å². The van der Waals surface area contributed by atoms with Crippen LogP contribution in [0.1, 0.15) is 16.8 Å². The van der Waals surface area contributed by atoms with Gasteiger partial charge in [0.25, 0.3) is 0 Å². The van der Waals surface area contributed by atoms with Gasteiger partial charge in [-0.05, 0) is 12.1 Å². The number of aromatic nitrogens is 5. The molecule has 7 nitrogen and oxygen atoms in total. The first kappa shape index (κ1) is 17.8. The first-order valence-corrected chi connectivity index (χ1v) is 9.56. The lowest BCUT2D eigenvalue weighted by Gasteiger charge is -2.21. The SMILES string of the molecule is N#Cc1cnc(N(CCc2cs[c]n2)Cc2cnn(-c3ccccc3)c2)nc1. The summed E-state index contributed by atoms with van der Waals surface area (Å²) in [7, 11) is 0. The van der Waals surface area contributed by atoms with E-state index in [-0.39, 0.29) is 0 Å². The van der Waals surface area contributed by atoms with Gasteiger partial charge in [-0.15, -0.1) is 11.3 Å². The zero-order valence-electron chi connectivity index (χ0n) is 14.9. The molecule has 0 bridgehead atoms. The number of hydrogen-bond acceptors (Lipinski definition) is 7. The van der Waals surface area contributed by atoms with Crippen molar-refractivity contribution in [3.8, 4) is 11.8 Å². The Morgan fingerprint density at radius 3 is 2.68 bits per heavy atom. The van der Waals surface area contributed by atoms with Gasteiger partial charge in [0.1, 0.15) is 6.07 Å². The molecule has 0 aliphatic heterocycles. The molecule has 8 heteroatoms. The van der Waals surface area contributed by atoms with E-state index in [0.717, 1.165) is 23.4 Å². The highest BCUT2D eigenvalue weighted by atomic mass is 32.1. The minimum Gasteiger partial charge on any atom is -0.336 e. The van der Waals surface area contributed by atoms with E-state index in [4.69, 9.17) is 5.26 Å². The lowest BCUT2D eigenvalue weighted by molar-refractivity contribution is 0.744. The third-order valence-corrected chi connectivity index (χ3v) is 4.74. The predicted octanol–water partition coefficient (Wildman–Crippen LogP) is 3.04. The molecule has 0 atom stereocenters. The summed E-state index contributed by atoms with van der Waals surface area (Å²) in [5.41, 5.74) is 6.35. The highest BCUT2D eigenvalue weighted by Crippen LogP contribution is 2.15. The second-order valence-electron chi connectivity index (χ2n) is 6.11. The fourth-order valence-electron chi connectivity index (χ4n) is 2.75. The first-order valence-electron chi connectivity index (χ1n) is 8.68. The van der Waals surface area contributed by atoms with Gasteiger partial charge < -0.3 is 4.90 Å². The molecule has 0 amide bonds. The van der Waals surface area contributed by atoms with Crippen LogP contribution in [0.15, 0.2) is 60.5 Å². The number of nitrogens with zero attached hydrogens (tertiary/aromatic N) is 7. The summed E-state index contributed by atoms with van der Waals surface area (Å²) in [6, 6.07) is 12.0. The molecule has 0 spiro atoms. The summed E-state index contributed by atoms with van der Waals surface area (Å²) in [4.78, 5) is 15.0. The maximum absolute atomic E-state index is 8.98. The van der Waals surface area contributed by atoms with Crippen molar-refractivity contribution in [2.24, 2.45) is 0 Å². The van der Waals surface area contributed by atoms with Crippen LogP contribution >= 0.6 is 11.3 Å². The standard InChI is InChI=1S/C20H16N7S/c21-8-16-9-22-20(23-10-16)26(7-6-18-14-28-15-24-18)12-17-11-25-27(13-17)19-4-2-1-3-5-19/h1-5,9-11,13-14H,6-7,12H2. The van der Waals surface area contributed by atoms with Crippen LogP contribution in [0.25, 0.3) is 5.69 Å². The lowest BCUT2D eigenvalue weighted by atomic mass is 10.2. The zero-order chi connectivity index (χ0) is 19.2. The van der Waals surface area contributed by atoms with Gasteiger partial charge in [0.2, 0.25) is 5.95 Å². The molecule has 0 N–H and O–H groups in total. The fourth-order valence-corrected chi connectivity index (χ4v) is 3.28. The van der Waals surface area contributed by atoms with E-state index in [1.165, 1.54) is 11.3 Å². The fraction of sp³-hybridized carbons (Fsp3) is 0.150. The Morgan fingerprint density at radius 2 is 1.96 bits per heavy atom. The Bertz CT molecular complexity index is 1050. The molecule has 3 heterocycles. The molecule has 137 valence electrons. The minimum atomic E-state index is 0.440. The van der Waals surface area contributed by atoms with Crippen LogP contribution in [0.5, 0.6) is 0 Å². The Balaban J connectivity index is 1.54. The molecule has 0 unspecified atom stereocenters. The number of hydrogen-bond donors (Lipinski definition) is 0. The number of para-hydroxylation sites is 1. The van der Waals surface area contributed by atoms with Gasteiger partial charge in [-0.3, -0.25) is 0 Å². The Labute approximate surface area is 166 Å². The van der Waals surface area contributed by atoms with Gasteiger partial charge in [0, 0.05) is 36.7 Å².